The van der Waals surface area contributed by atoms with E-state index in [1.807, 2.05) is 13.8 Å². The van der Waals surface area contributed by atoms with Gasteiger partial charge in [-0.25, -0.2) is 4.68 Å². The maximum Gasteiger partial charge on any atom is 0.287 e. The van der Waals surface area contributed by atoms with E-state index in [1.165, 1.54) is 10.9 Å². The largest absolute Gasteiger partial charge is 0.383 e. The summed E-state index contributed by atoms with van der Waals surface area (Å²) in [6.45, 7) is 4.91. The summed E-state index contributed by atoms with van der Waals surface area (Å²) >= 11 is 6.08. The van der Waals surface area contributed by atoms with Crippen LogP contribution >= 0.6 is 11.6 Å². The fourth-order valence-electron chi connectivity index (χ4n) is 1.86. The molecule has 2 aromatic rings. The van der Waals surface area contributed by atoms with Gasteiger partial charge in [0.15, 0.2) is 0 Å². The molecule has 0 amide bonds. The molecular formula is C13H17ClN4O3. The minimum absolute atomic E-state index is 0.105. The molecule has 0 saturated heterocycles. The molecule has 0 bridgehead atoms. The number of ether oxygens (including phenoxy) is 1. The zero-order chi connectivity index (χ0) is 15.4. The highest BCUT2D eigenvalue weighted by molar-refractivity contribution is 6.32. The number of hydrogen-bond acceptors (Lipinski definition) is 6. The van der Waals surface area contributed by atoms with Gasteiger partial charge in [-0.05, 0) is 13.8 Å². The molecule has 0 aliphatic heterocycles. The summed E-state index contributed by atoms with van der Waals surface area (Å²) in [6.07, 6.45) is 1.53. The predicted molar refractivity (Wildman–Crippen MR) is 78.7 cm³/mol. The molecule has 2 heterocycles. The van der Waals surface area contributed by atoms with Crippen molar-refractivity contribution in [3.8, 4) is 0 Å². The molecule has 0 fully saturated rings. The van der Waals surface area contributed by atoms with Crippen molar-refractivity contribution in [1.29, 1.82) is 0 Å². The van der Waals surface area contributed by atoms with Crippen LogP contribution in [0.3, 0.4) is 0 Å². The molecule has 0 radical (unpaired) electrons. The fraction of sp³-hybridized carbons (Fsp3) is 0.462. The smallest absolute Gasteiger partial charge is 0.287 e. The third-order valence-electron chi connectivity index (χ3n) is 3.13. The zero-order valence-electron chi connectivity index (χ0n) is 12.1. The van der Waals surface area contributed by atoms with Crippen molar-refractivity contribution in [2.24, 2.45) is 0 Å². The van der Waals surface area contributed by atoms with Crippen LogP contribution in [-0.2, 0) is 17.8 Å². The lowest BCUT2D eigenvalue weighted by atomic mass is 10.2. The highest BCUT2D eigenvalue weighted by atomic mass is 35.5. The maximum atomic E-state index is 12.0. The molecule has 7 nitrogen and oxygen atoms in total. The van der Waals surface area contributed by atoms with Gasteiger partial charge in [-0.2, -0.15) is 5.10 Å². The molecule has 0 aliphatic rings. The van der Waals surface area contributed by atoms with E-state index < -0.39 is 0 Å². The van der Waals surface area contributed by atoms with Crippen LogP contribution in [0.4, 0.5) is 5.69 Å². The highest BCUT2D eigenvalue weighted by Gasteiger charge is 2.12. The van der Waals surface area contributed by atoms with Crippen molar-refractivity contribution in [1.82, 2.24) is 14.9 Å². The van der Waals surface area contributed by atoms with E-state index >= 15 is 0 Å². The van der Waals surface area contributed by atoms with Crippen molar-refractivity contribution in [2.45, 2.75) is 26.9 Å². The van der Waals surface area contributed by atoms with Gasteiger partial charge in [-0.15, -0.1) is 0 Å². The monoisotopic (exact) mass is 312 g/mol. The molecule has 0 aliphatic carbocycles. The molecule has 2 rings (SSSR count). The van der Waals surface area contributed by atoms with E-state index in [0.29, 0.717) is 25.4 Å². The average molecular weight is 313 g/mol. The van der Waals surface area contributed by atoms with E-state index in [9.17, 15) is 4.79 Å². The Balaban J connectivity index is 2.14. The normalized spacial score (nSPS) is 10.9. The quantitative estimate of drug-likeness (QED) is 0.875. The summed E-state index contributed by atoms with van der Waals surface area (Å²) in [5, 5.41) is 11.1. The summed E-state index contributed by atoms with van der Waals surface area (Å²) in [5.41, 5.74) is 1.87. The van der Waals surface area contributed by atoms with Gasteiger partial charge >= 0.3 is 0 Å². The summed E-state index contributed by atoms with van der Waals surface area (Å²) in [6, 6.07) is 0. The molecule has 0 saturated carbocycles. The Kier molecular flexibility index (Phi) is 4.98. The molecule has 21 heavy (non-hydrogen) atoms. The molecule has 114 valence electrons. The molecule has 0 spiro atoms. The Morgan fingerprint density at radius 1 is 1.48 bits per heavy atom. The van der Waals surface area contributed by atoms with Crippen LogP contribution in [0.25, 0.3) is 0 Å². The lowest BCUT2D eigenvalue weighted by Gasteiger charge is -2.10. The molecular weight excluding hydrogens is 296 g/mol. The van der Waals surface area contributed by atoms with Gasteiger partial charge in [-0.3, -0.25) is 4.79 Å². The number of anilines is 1. The van der Waals surface area contributed by atoms with E-state index in [-0.39, 0.29) is 10.6 Å². The van der Waals surface area contributed by atoms with Crippen molar-refractivity contribution in [3.63, 3.8) is 0 Å². The van der Waals surface area contributed by atoms with Crippen LogP contribution in [0, 0.1) is 13.8 Å². The van der Waals surface area contributed by atoms with Crippen molar-refractivity contribution in [3.05, 3.63) is 38.6 Å². The minimum Gasteiger partial charge on any atom is -0.383 e. The minimum atomic E-state index is -0.350. The lowest BCUT2D eigenvalue weighted by Crippen LogP contribution is -2.26. The first-order valence-corrected chi connectivity index (χ1v) is 6.82. The Labute approximate surface area is 126 Å². The number of hydrogen-bond donors (Lipinski definition) is 1. The summed E-state index contributed by atoms with van der Waals surface area (Å²) in [4.78, 5) is 12.0. The van der Waals surface area contributed by atoms with Crippen molar-refractivity contribution < 1.29 is 9.26 Å². The second-order valence-electron chi connectivity index (χ2n) is 4.55. The van der Waals surface area contributed by atoms with Gasteiger partial charge < -0.3 is 14.6 Å². The van der Waals surface area contributed by atoms with E-state index in [0.717, 1.165) is 17.0 Å². The number of nitrogens with zero attached hydrogens (tertiary/aromatic N) is 3. The molecule has 0 aromatic carbocycles. The van der Waals surface area contributed by atoms with Crippen molar-refractivity contribution >= 4 is 17.3 Å². The van der Waals surface area contributed by atoms with Gasteiger partial charge in [-0.1, -0.05) is 16.8 Å². The van der Waals surface area contributed by atoms with E-state index in [1.54, 1.807) is 7.11 Å². The number of nitrogens with one attached hydrogen (secondary N) is 1. The Morgan fingerprint density at radius 2 is 2.24 bits per heavy atom. The number of aryl methyl sites for hydroxylation is 2. The number of methoxy groups -OCH3 is 1. The third-order valence-corrected chi connectivity index (χ3v) is 3.49. The first-order valence-electron chi connectivity index (χ1n) is 6.44. The van der Waals surface area contributed by atoms with Crippen LogP contribution in [0.1, 0.15) is 17.0 Å². The summed E-state index contributed by atoms with van der Waals surface area (Å²) in [7, 11) is 1.56. The van der Waals surface area contributed by atoms with Gasteiger partial charge in [0.2, 0.25) is 0 Å². The average Bonchev–Trinajstić information content (AvgIpc) is 2.79. The molecule has 0 atom stereocenters. The number of rotatable bonds is 6. The third kappa shape index (κ3) is 3.43. The van der Waals surface area contributed by atoms with Crippen LogP contribution in [0.15, 0.2) is 15.5 Å². The first kappa shape index (κ1) is 15.5. The summed E-state index contributed by atoms with van der Waals surface area (Å²) in [5.74, 6) is 0.734. The SMILES string of the molecule is COCCn1ncc(NCc2c(C)noc2C)c(Cl)c1=O. The van der Waals surface area contributed by atoms with Crippen LogP contribution in [-0.4, -0.2) is 28.7 Å². The Hall–Kier alpha value is -1.86. The second-order valence-corrected chi connectivity index (χ2v) is 4.93. The van der Waals surface area contributed by atoms with Gasteiger partial charge in [0.1, 0.15) is 10.8 Å². The number of halogens is 1. The highest BCUT2D eigenvalue weighted by Crippen LogP contribution is 2.19. The standard InChI is InChI=1S/C13H17ClN4O3/c1-8-10(9(2)21-17-8)6-15-11-7-16-18(4-5-20-3)13(19)12(11)14/h7,15H,4-6H2,1-3H3. The van der Waals surface area contributed by atoms with Gasteiger partial charge in [0, 0.05) is 19.2 Å². The van der Waals surface area contributed by atoms with Crippen LogP contribution in [0.5, 0.6) is 0 Å². The summed E-state index contributed by atoms with van der Waals surface area (Å²) < 4.78 is 11.3. The van der Waals surface area contributed by atoms with Crippen LogP contribution < -0.4 is 10.9 Å². The first-order chi connectivity index (χ1) is 10.0. The topological polar surface area (TPSA) is 82.2 Å². The predicted octanol–water partition coefficient (Wildman–Crippen LogP) is 1.76. The maximum absolute atomic E-state index is 12.0. The fourth-order valence-corrected chi connectivity index (χ4v) is 2.08. The molecule has 2 aromatic heterocycles. The van der Waals surface area contributed by atoms with E-state index in [2.05, 4.69) is 15.6 Å². The molecule has 1 N–H and O–H groups in total. The van der Waals surface area contributed by atoms with E-state index in [4.69, 9.17) is 20.9 Å². The van der Waals surface area contributed by atoms with Crippen LogP contribution in [0.2, 0.25) is 5.02 Å². The van der Waals surface area contributed by atoms with Crippen molar-refractivity contribution in [2.75, 3.05) is 19.0 Å². The van der Waals surface area contributed by atoms with Gasteiger partial charge in [0.05, 0.1) is 30.7 Å². The number of aromatic nitrogens is 3. The van der Waals surface area contributed by atoms with Gasteiger partial charge in [0.25, 0.3) is 5.56 Å². The second kappa shape index (κ2) is 6.73. The lowest BCUT2D eigenvalue weighted by molar-refractivity contribution is 0.182. The molecule has 0 unspecified atom stereocenters. The Bertz CT molecular complexity index is 661. The Morgan fingerprint density at radius 3 is 2.86 bits per heavy atom. The molecule has 8 heteroatoms. The zero-order valence-corrected chi connectivity index (χ0v) is 12.9.